The molecule has 1 heterocycles. The summed E-state index contributed by atoms with van der Waals surface area (Å²) in [5, 5.41) is 2.80. The predicted molar refractivity (Wildman–Crippen MR) is 64.0 cm³/mol. The first kappa shape index (κ1) is 13.6. The van der Waals surface area contributed by atoms with E-state index in [0.29, 0.717) is 6.42 Å². The van der Waals surface area contributed by atoms with Gasteiger partial charge in [-0.15, -0.1) is 0 Å². The van der Waals surface area contributed by atoms with Gasteiger partial charge in [-0.3, -0.25) is 19.8 Å². The lowest BCUT2D eigenvalue weighted by Gasteiger charge is -2.31. The van der Waals surface area contributed by atoms with Gasteiger partial charge in [-0.25, -0.2) is 8.78 Å². The van der Waals surface area contributed by atoms with E-state index >= 15 is 0 Å². The molecule has 1 aliphatic heterocycles. The van der Waals surface area contributed by atoms with Gasteiger partial charge in [0.15, 0.2) is 11.6 Å². The molecule has 1 atom stereocenters. The fourth-order valence-electron chi connectivity index (χ4n) is 2.03. The molecule has 2 rings (SSSR count). The molecule has 0 spiro atoms. The summed E-state index contributed by atoms with van der Waals surface area (Å²) in [6.45, 7) is 1.60. The molecule has 102 valence electrons. The first-order valence-electron chi connectivity index (χ1n) is 6.05. The molecule has 2 amide bonds. The Hall–Kier alpha value is -1.82. The van der Waals surface area contributed by atoms with E-state index in [1.165, 1.54) is 12.1 Å². The van der Waals surface area contributed by atoms with Crippen molar-refractivity contribution in [2.75, 3.05) is 6.54 Å². The van der Waals surface area contributed by atoms with Gasteiger partial charge in [0.05, 0.1) is 19.1 Å². The maximum Gasteiger partial charge on any atom is 0.246 e. The van der Waals surface area contributed by atoms with Crippen molar-refractivity contribution in [2.24, 2.45) is 0 Å². The van der Waals surface area contributed by atoms with Crippen molar-refractivity contribution in [3.63, 3.8) is 0 Å². The van der Waals surface area contributed by atoms with E-state index in [2.05, 4.69) is 5.32 Å². The maximum atomic E-state index is 13.5. The molecular formula is C13H14F2N2O2. The van der Waals surface area contributed by atoms with Crippen LogP contribution in [0.25, 0.3) is 0 Å². The number of nitrogens with zero attached hydrogens (tertiary/aromatic N) is 1. The number of halogens is 2. The van der Waals surface area contributed by atoms with E-state index in [0.717, 1.165) is 11.0 Å². The number of hydrogen-bond donors (Lipinski definition) is 1. The summed E-state index contributed by atoms with van der Waals surface area (Å²) in [4.78, 5) is 24.7. The third-order valence-electron chi connectivity index (χ3n) is 3.13. The first-order valence-corrected chi connectivity index (χ1v) is 6.05. The lowest BCUT2D eigenvalue weighted by molar-refractivity contribution is -0.150. The summed E-state index contributed by atoms with van der Waals surface area (Å²) in [7, 11) is 0. The Kier molecular flexibility index (Phi) is 3.90. The molecule has 1 aromatic carbocycles. The molecule has 1 aromatic rings. The lowest BCUT2D eigenvalue weighted by atomic mass is 10.1. The Morgan fingerprint density at radius 2 is 2.11 bits per heavy atom. The molecule has 0 radical (unpaired) electrons. The highest BCUT2D eigenvalue weighted by atomic mass is 19.2. The second kappa shape index (κ2) is 5.44. The van der Waals surface area contributed by atoms with E-state index < -0.39 is 29.5 Å². The fourth-order valence-corrected chi connectivity index (χ4v) is 2.03. The minimum Gasteiger partial charge on any atom is -0.297 e. The molecule has 6 heteroatoms. The summed E-state index contributed by atoms with van der Waals surface area (Å²) in [6, 6.07) is 3.26. The van der Waals surface area contributed by atoms with Crippen LogP contribution in [0.1, 0.15) is 18.9 Å². The standard InChI is InChI=1S/C13H14F2N2O2/c1-2-10-13(19)17(11(18)6-16-10)7-8-4-3-5-9(14)12(8)15/h3-5,10,16H,2,6-7H2,1H3. The number of piperazine rings is 1. The van der Waals surface area contributed by atoms with E-state index in [-0.39, 0.29) is 18.7 Å². The Bertz CT molecular complexity index is 519. The Labute approximate surface area is 109 Å². The summed E-state index contributed by atoms with van der Waals surface area (Å²) < 4.78 is 26.6. The van der Waals surface area contributed by atoms with E-state index in [1.807, 2.05) is 6.92 Å². The van der Waals surface area contributed by atoms with E-state index in [4.69, 9.17) is 0 Å². The zero-order valence-electron chi connectivity index (χ0n) is 10.5. The molecule has 1 saturated heterocycles. The molecule has 0 aromatic heterocycles. The Morgan fingerprint density at radius 1 is 1.37 bits per heavy atom. The second-order valence-electron chi connectivity index (χ2n) is 4.37. The summed E-state index contributed by atoms with van der Waals surface area (Å²) in [5.41, 5.74) is -0.00143. The molecule has 1 N–H and O–H groups in total. The van der Waals surface area contributed by atoms with Gasteiger partial charge in [0.25, 0.3) is 0 Å². The van der Waals surface area contributed by atoms with Gasteiger partial charge in [0, 0.05) is 5.56 Å². The van der Waals surface area contributed by atoms with Crippen molar-refractivity contribution in [2.45, 2.75) is 25.9 Å². The van der Waals surface area contributed by atoms with E-state index in [9.17, 15) is 18.4 Å². The lowest BCUT2D eigenvalue weighted by Crippen LogP contribution is -2.57. The highest BCUT2D eigenvalue weighted by Crippen LogP contribution is 2.16. The minimum absolute atomic E-state index is 0.00143. The van der Waals surface area contributed by atoms with Gasteiger partial charge < -0.3 is 0 Å². The quantitative estimate of drug-likeness (QED) is 0.838. The van der Waals surface area contributed by atoms with Gasteiger partial charge in [0.2, 0.25) is 11.8 Å². The minimum atomic E-state index is -1.02. The first-order chi connectivity index (χ1) is 9.04. The number of carbonyl (C=O) groups excluding carboxylic acids is 2. The Morgan fingerprint density at radius 3 is 2.79 bits per heavy atom. The molecule has 1 fully saturated rings. The van der Waals surface area contributed by atoms with Crippen molar-refractivity contribution in [1.29, 1.82) is 0 Å². The third-order valence-corrected chi connectivity index (χ3v) is 3.13. The second-order valence-corrected chi connectivity index (χ2v) is 4.37. The van der Waals surface area contributed by atoms with Crippen LogP contribution in [0.3, 0.4) is 0 Å². The van der Waals surface area contributed by atoms with Gasteiger partial charge in [-0.05, 0) is 12.5 Å². The third kappa shape index (κ3) is 2.63. The summed E-state index contributed by atoms with van der Waals surface area (Å²) >= 11 is 0. The molecular weight excluding hydrogens is 254 g/mol. The van der Waals surface area contributed by atoms with Gasteiger partial charge in [-0.1, -0.05) is 19.1 Å². The fraction of sp³-hybridized carbons (Fsp3) is 0.385. The average Bonchev–Trinajstić information content (AvgIpc) is 2.39. The summed E-state index contributed by atoms with van der Waals surface area (Å²) in [6.07, 6.45) is 0.536. The summed E-state index contributed by atoms with van der Waals surface area (Å²) in [5.74, 6) is -2.84. The van der Waals surface area contributed by atoms with Crippen LogP contribution >= 0.6 is 0 Å². The number of carbonyl (C=O) groups is 2. The molecule has 0 saturated carbocycles. The average molecular weight is 268 g/mol. The van der Waals surface area contributed by atoms with Gasteiger partial charge in [0.1, 0.15) is 0 Å². The van der Waals surface area contributed by atoms with Gasteiger partial charge >= 0.3 is 0 Å². The van der Waals surface area contributed by atoms with Crippen molar-refractivity contribution in [3.8, 4) is 0 Å². The van der Waals surface area contributed by atoms with E-state index in [1.54, 1.807) is 0 Å². The van der Waals surface area contributed by atoms with Crippen molar-refractivity contribution in [3.05, 3.63) is 35.4 Å². The van der Waals surface area contributed by atoms with Crippen LogP contribution in [0.5, 0.6) is 0 Å². The number of hydrogen-bond acceptors (Lipinski definition) is 3. The normalized spacial score (nSPS) is 19.9. The molecule has 19 heavy (non-hydrogen) atoms. The number of rotatable bonds is 3. The molecule has 0 bridgehead atoms. The predicted octanol–water partition coefficient (Wildman–Crippen LogP) is 1.20. The van der Waals surface area contributed by atoms with Crippen molar-refractivity contribution in [1.82, 2.24) is 10.2 Å². The van der Waals surface area contributed by atoms with Crippen LogP contribution in [0.15, 0.2) is 18.2 Å². The number of amides is 2. The zero-order valence-corrected chi connectivity index (χ0v) is 10.5. The van der Waals surface area contributed by atoms with Crippen molar-refractivity contribution < 1.29 is 18.4 Å². The van der Waals surface area contributed by atoms with Crippen LogP contribution in [-0.2, 0) is 16.1 Å². The highest BCUT2D eigenvalue weighted by molar-refractivity contribution is 6.01. The largest absolute Gasteiger partial charge is 0.297 e. The van der Waals surface area contributed by atoms with Crippen LogP contribution in [0.2, 0.25) is 0 Å². The van der Waals surface area contributed by atoms with Crippen molar-refractivity contribution >= 4 is 11.8 Å². The molecule has 4 nitrogen and oxygen atoms in total. The molecule has 1 aliphatic rings. The smallest absolute Gasteiger partial charge is 0.246 e. The van der Waals surface area contributed by atoms with Crippen LogP contribution in [-0.4, -0.2) is 29.3 Å². The highest BCUT2D eigenvalue weighted by Gasteiger charge is 2.33. The number of imide groups is 1. The van der Waals surface area contributed by atoms with Crippen LogP contribution in [0, 0.1) is 11.6 Å². The monoisotopic (exact) mass is 268 g/mol. The van der Waals surface area contributed by atoms with Crippen LogP contribution in [0.4, 0.5) is 8.78 Å². The molecule has 1 unspecified atom stereocenters. The molecule has 0 aliphatic carbocycles. The SMILES string of the molecule is CCC1NCC(=O)N(Cc2cccc(F)c2F)C1=O. The van der Waals surface area contributed by atoms with Gasteiger partial charge in [-0.2, -0.15) is 0 Å². The topological polar surface area (TPSA) is 49.4 Å². The Balaban J connectivity index is 2.23. The maximum absolute atomic E-state index is 13.5. The number of benzene rings is 1. The number of nitrogens with one attached hydrogen (secondary N) is 1. The zero-order chi connectivity index (χ0) is 14.0. The van der Waals surface area contributed by atoms with Crippen LogP contribution < -0.4 is 5.32 Å².